The summed E-state index contributed by atoms with van der Waals surface area (Å²) < 4.78 is 16.6. The first-order valence-electron chi connectivity index (χ1n) is 10.4. The van der Waals surface area contributed by atoms with Crippen molar-refractivity contribution in [2.75, 3.05) is 45.3 Å². The van der Waals surface area contributed by atoms with E-state index in [4.69, 9.17) is 13.9 Å². The average molecular weight is 421 g/mol. The summed E-state index contributed by atoms with van der Waals surface area (Å²) in [6.45, 7) is 2.95. The zero-order chi connectivity index (χ0) is 21.6. The highest BCUT2D eigenvalue weighted by molar-refractivity contribution is 5.76. The number of amides is 1. The molecular weight excluding hydrogens is 394 g/mol. The van der Waals surface area contributed by atoms with Crippen molar-refractivity contribution in [1.82, 2.24) is 9.88 Å². The molecule has 1 aliphatic heterocycles. The largest absolute Gasteiger partial charge is 0.497 e. The predicted octanol–water partition coefficient (Wildman–Crippen LogP) is 3.64. The molecule has 7 nitrogen and oxygen atoms in total. The highest BCUT2D eigenvalue weighted by atomic mass is 16.5. The fraction of sp³-hybridized carbons (Fsp3) is 0.333. The smallest absolute Gasteiger partial charge is 0.223 e. The molecule has 7 heteroatoms. The van der Waals surface area contributed by atoms with E-state index in [1.54, 1.807) is 20.4 Å². The third-order valence-electron chi connectivity index (χ3n) is 5.52. The van der Waals surface area contributed by atoms with E-state index in [-0.39, 0.29) is 5.91 Å². The number of anilines is 1. The lowest BCUT2D eigenvalue weighted by molar-refractivity contribution is -0.131. The molecule has 31 heavy (non-hydrogen) atoms. The van der Waals surface area contributed by atoms with Gasteiger partial charge in [-0.1, -0.05) is 24.3 Å². The molecule has 0 aliphatic carbocycles. The van der Waals surface area contributed by atoms with Crippen molar-refractivity contribution in [2.24, 2.45) is 0 Å². The van der Waals surface area contributed by atoms with Gasteiger partial charge in [-0.25, -0.2) is 4.98 Å². The molecule has 3 aromatic rings. The van der Waals surface area contributed by atoms with E-state index in [9.17, 15) is 4.79 Å². The Hall–Kier alpha value is -3.48. The number of aryl methyl sites for hydroxylation is 1. The van der Waals surface area contributed by atoms with Crippen molar-refractivity contribution >= 4 is 11.6 Å². The van der Waals surface area contributed by atoms with Crippen LogP contribution in [-0.2, 0) is 11.2 Å². The number of carbonyl (C=O) groups excluding carboxylic acids is 1. The fourth-order valence-corrected chi connectivity index (χ4v) is 3.80. The molecule has 1 aliphatic rings. The highest BCUT2D eigenvalue weighted by Crippen LogP contribution is 2.28. The topological polar surface area (TPSA) is 68.0 Å². The molecule has 162 valence electrons. The Morgan fingerprint density at radius 3 is 2.61 bits per heavy atom. The summed E-state index contributed by atoms with van der Waals surface area (Å²) in [5, 5.41) is 0. The minimum atomic E-state index is 0.126. The van der Waals surface area contributed by atoms with Crippen molar-refractivity contribution in [3.8, 4) is 22.8 Å². The zero-order valence-corrected chi connectivity index (χ0v) is 17.9. The van der Waals surface area contributed by atoms with Gasteiger partial charge in [-0.3, -0.25) is 4.79 Å². The zero-order valence-electron chi connectivity index (χ0n) is 17.9. The van der Waals surface area contributed by atoms with Crippen LogP contribution < -0.4 is 14.4 Å². The molecule has 1 amide bonds. The van der Waals surface area contributed by atoms with Crippen LogP contribution in [0.3, 0.4) is 0 Å². The summed E-state index contributed by atoms with van der Waals surface area (Å²) in [4.78, 5) is 21.2. The number of para-hydroxylation sites is 2. The number of hydrogen-bond acceptors (Lipinski definition) is 6. The Morgan fingerprint density at radius 1 is 1.03 bits per heavy atom. The summed E-state index contributed by atoms with van der Waals surface area (Å²) >= 11 is 0. The molecule has 0 N–H and O–H groups in total. The van der Waals surface area contributed by atoms with Crippen molar-refractivity contribution < 1.29 is 18.7 Å². The lowest BCUT2D eigenvalue weighted by Crippen LogP contribution is -2.48. The number of rotatable bonds is 7. The second-order valence-electron chi connectivity index (χ2n) is 7.39. The van der Waals surface area contributed by atoms with Crippen LogP contribution in [0.4, 0.5) is 5.69 Å². The van der Waals surface area contributed by atoms with Gasteiger partial charge in [0, 0.05) is 44.6 Å². The number of methoxy groups -OCH3 is 2. The maximum Gasteiger partial charge on any atom is 0.223 e. The summed E-state index contributed by atoms with van der Waals surface area (Å²) in [5.74, 6) is 2.99. The van der Waals surface area contributed by atoms with Crippen molar-refractivity contribution in [2.45, 2.75) is 12.8 Å². The Kier molecular flexibility index (Phi) is 6.40. The molecule has 2 heterocycles. The summed E-state index contributed by atoms with van der Waals surface area (Å²) in [6, 6.07) is 15.6. The molecular formula is C24H27N3O4. The number of carbonyl (C=O) groups is 1. The molecule has 4 rings (SSSR count). The third-order valence-corrected chi connectivity index (χ3v) is 5.52. The number of hydrogen-bond donors (Lipinski definition) is 0. The molecule has 0 radical (unpaired) electrons. The highest BCUT2D eigenvalue weighted by Gasteiger charge is 2.23. The molecule has 1 saturated heterocycles. The second kappa shape index (κ2) is 9.55. The van der Waals surface area contributed by atoms with Crippen LogP contribution in [-0.4, -0.2) is 56.2 Å². The first kappa shape index (κ1) is 20.8. The van der Waals surface area contributed by atoms with Gasteiger partial charge in [0.15, 0.2) is 11.7 Å². The first-order chi connectivity index (χ1) is 15.2. The average Bonchev–Trinajstić information content (AvgIpc) is 3.32. The van der Waals surface area contributed by atoms with Gasteiger partial charge in [-0.05, 0) is 24.3 Å². The van der Waals surface area contributed by atoms with Gasteiger partial charge in [0.25, 0.3) is 0 Å². The minimum Gasteiger partial charge on any atom is -0.497 e. The molecule has 1 fully saturated rings. The Bertz CT molecular complexity index is 1020. The van der Waals surface area contributed by atoms with Crippen LogP contribution in [0.1, 0.15) is 12.3 Å². The van der Waals surface area contributed by atoms with Crippen molar-refractivity contribution in [3.63, 3.8) is 0 Å². The van der Waals surface area contributed by atoms with Gasteiger partial charge >= 0.3 is 0 Å². The van der Waals surface area contributed by atoms with E-state index >= 15 is 0 Å². The van der Waals surface area contributed by atoms with Crippen LogP contribution in [0.15, 0.2) is 59.1 Å². The van der Waals surface area contributed by atoms with E-state index in [0.29, 0.717) is 37.6 Å². The maximum absolute atomic E-state index is 12.7. The second-order valence-corrected chi connectivity index (χ2v) is 7.39. The number of oxazole rings is 1. The summed E-state index contributed by atoms with van der Waals surface area (Å²) in [6.07, 6.45) is 2.56. The molecule has 0 bridgehead atoms. The standard InChI is InChI=1S/C24H27N3O4/c1-29-19-7-5-6-18(16-19)22-17-25-23(31-22)10-11-24(28)27-14-12-26(13-15-27)20-8-3-4-9-21(20)30-2/h3-9,16-17H,10-15H2,1-2H3. The lowest BCUT2D eigenvalue weighted by atomic mass is 10.2. The maximum atomic E-state index is 12.7. The molecule has 0 spiro atoms. The van der Waals surface area contributed by atoms with Crippen LogP contribution in [0, 0.1) is 0 Å². The number of ether oxygens (including phenoxy) is 2. The van der Waals surface area contributed by atoms with Crippen molar-refractivity contribution in [3.05, 3.63) is 60.6 Å². The van der Waals surface area contributed by atoms with Crippen molar-refractivity contribution in [1.29, 1.82) is 0 Å². The normalized spacial score (nSPS) is 13.9. The van der Waals surface area contributed by atoms with E-state index in [1.807, 2.05) is 47.4 Å². The van der Waals surface area contributed by atoms with Gasteiger partial charge in [0.05, 0.1) is 26.1 Å². The first-order valence-corrected chi connectivity index (χ1v) is 10.4. The number of piperazine rings is 1. The van der Waals surface area contributed by atoms with Gasteiger partial charge in [0.1, 0.15) is 11.5 Å². The molecule has 0 unspecified atom stereocenters. The number of benzene rings is 2. The van der Waals surface area contributed by atoms with E-state index in [0.717, 1.165) is 35.8 Å². The monoisotopic (exact) mass is 421 g/mol. The third kappa shape index (κ3) is 4.82. The quantitative estimate of drug-likeness (QED) is 0.580. The summed E-state index contributed by atoms with van der Waals surface area (Å²) in [7, 11) is 3.31. The van der Waals surface area contributed by atoms with E-state index in [1.165, 1.54) is 0 Å². The number of nitrogens with zero attached hydrogens (tertiary/aromatic N) is 3. The molecule has 0 saturated carbocycles. The Morgan fingerprint density at radius 2 is 1.84 bits per heavy atom. The van der Waals surface area contributed by atoms with Crippen LogP contribution in [0.5, 0.6) is 11.5 Å². The number of aromatic nitrogens is 1. The van der Waals surface area contributed by atoms with Gasteiger partial charge < -0.3 is 23.7 Å². The summed E-state index contributed by atoms with van der Waals surface area (Å²) in [5.41, 5.74) is 1.97. The fourth-order valence-electron chi connectivity index (χ4n) is 3.80. The molecule has 2 aromatic carbocycles. The van der Waals surface area contributed by atoms with Crippen LogP contribution in [0.2, 0.25) is 0 Å². The van der Waals surface area contributed by atoms with Crippen LogP contribution in [0.25, 0.3) is 11.3 Å². The van der Waals surface area contributed by atoms with E-state index in [2.05, 4.69) is 16.0 Å². The Balaban J connectivity index is 1.30. The lowest BCUT2D eigenvalue weighted by Gasteiger charge is -2.36. The predicted molar refractivity (Wildman–Crippen MR) is 119 cm³/mol. The van der Waals surface area contributed by atoms with Gasteiger partial charge in [0.2, 0.25) is 5.91 Å². The van der Waals surface area contributed by atoms with Gasteiger partial charge in [-0.15, -0.1) is 0 Å². The molecule has 0 atom stereocenters. The molecule has 1 aromatic heterocycles. The SMILES string of the molecule is COc1cccc(-c2cnc(CCC(=O)N3CCN(c4ccccc4OC)CC3)o2)c1. The van der Waals surface area contributed by atoms with E-state index < -0.39 is 0 Å². The Labute approximate surface area is 182 Å². The van der Waals surface area contributed by atoms with Crippen LogP contribution >= 0.6 is 0 Å². The minimum absolute atomic E-state index is 0.126. The van der Waals surface area contributed by atoms with Gasteiger partial charge in [-0.2, -0.15) is 0 Å².